The van der Waals surface area contributed by atoms with E-state index in [2.05, 4.69) is 0 Å². The molecule has 2 aliphatic heterocycles. The van der Waals surface area contributed by atoms with Crippen molar-refractivity contribution in [3.05, 3.63) is 41.2 Å². The van der Waals surface area contributed by atoms with Gasteiger partial charge in [0.25, 0.3) is 5.91 Å². The molecule has 2 saturated heterocycles. The van der Waals surface area contributed by atoms with E-state index >= 15 is 0 Å². The van der Waals surface area contributed by atoms with Crippen LogP contribution in [0.2, 0.25) is 0 Å². The van der Waals surface area contributed by atoms with Gasteiger partial charge in [0.15, 0.2) is 0 Å². The summed E-state index contributed by atoms with van der Waals surface area (Å²) in [5, 5.41) is 1.02. The van der Waals surface area contributed by atoms with Crippen molar-refractivity contribution < 1.29 is 14.0 Å². The van der Waals surface area contributed by atoms with Crippen LogP contribution in [0.4, 0.5) is 5.00 Å². The van der Waals surface area contributed by atoms with Gasteiger partial charge >= 0.3 is 0 Å². The van der Waals surface area contributed by atoms with E-state index in [0.717, 1.165) is 11.4 Å². The number of aryl methyl sites for hydroxylation is 1. The minimum Gasteiger partial charge on any atom is -0.472 e. The molecule has 5 nitrogen and oxygen atoms in total. The zero-order valence-corrected chi connectivity index (χ0v) is 13.8. The Bertz CT molecular complexity index is 752. The molecule has 2 fully saturated rings. The van der Waals surface area contributed by atoms with Crippen LogP contribution in [-0.2, 0) is 4.79 Å². The molecule has 0 bridgehead atoms. The predicted octanol–water partition coefficient (Wildman–Crippen LogP) is 2.92. The lowest BCUT2D eigenvalue weighted by Gasteiger charge is -2.23. The number of carbonyl (C=O) groups is 2. The van der Waals surface area contributed by atoms with Crippen LogP contribution in [0.1, 0.15) is 28.1 Å². The molecule has 0 saturated carbocycles. The van der Waals surface area contributed by atoms with E-state index in [-0.39, 0.29) is 17.2 Å². The first kappa shape index (κ1) is 14.5. The number of hydrogen-bond acceptors (Lipinski definition) is 4. The topological polar surface area (TPSA) is 53.8 Å². The number of likely N-dealkylation sites (tertiary alicyclic amines) is 1. The van der Waals surface area contributed by atoms with E-state index in [1.165, 1.54) is 17.4 Å². The lowest BCUT2D eigenvalue weighted by Crippen LogP contribution is -2.33. The summed E-state index contributed by atoms with van der Waals surface area (Å²) in [6, 6.07) is 5.75. The highest BCUT2D eigenvalue weighted by Crippen LogP contribution is 2.43. The minimum atomic E-state index is -0.103. The lowest BCUT2D eigenvalue weighted by molar-refractivity contribution is -0.117. The molecule has 2 amide bonds. The van der Waals surface area contributed by atoms with Gasteiger partial charge in [0.1, 0.15) is 6.26 Å². The molecule has 4 rings (SSSR count). The number of carbonyl (C=O) groups excluding carboxylic acids is 2. The van der Waals surface area contributed by atoms with Crippen molar-refractivity contribution in [2.24, 2.45) is 5.41 Å². The summed E-state index contributed by atoms with van der Waals surface area (Å²) < 4.78 is 5.00. The Morgan fingerprint density at radius 3 is 2.87 bits per heavy atom. The van der Waals surface area contributed by atoms with Gasteiger partial charge in [0.05, 0.1) is 16.8 Å². The first-order chi connectivity index (χ1) is 11.1. The Hall–Kier alpha value is -2.08. The number of furan rings is 1. The Morgan fingerprint density at radius 1 is 1.30 bits per heavy atom. The fourth-order valence-corrected chi connectivity index (χ4v) is 4.49. The molecule has 0 radical (unpaired) electrons. The molecule has 1 atom stereocenters. The summed E-state index contributed by atoms with van der Waals surface area (Å²) in [6.45, 7) is 4.10. The summed E-state index contributed by atoms with van der Waals surface area (Å²) in [7, 11) is 0. The number of anilines is 1. The second-order valence-electron chi connectivity index (χ2n) is 6.53. The third-order valence-electron chi connectivity index (χ3n) is 4.81. The van der Waals surface area contributed by atoms with Crippen molar-refractivity contribution in [3.8, 4) is 0 Å². The fourth-order valence-electron chi connectivity index (χ4n) is 3.61. The molecule has 0 aliphatic carbocycles. The van der Waals surface area contributed by atoms with Gasteiger partial charge in [0, 0.05) is 36.3 Å². The third kappa shape index (κ3) is 2.47. The van der Waals surface area contributed by atoms with Crippen molar-refractivity contribution in [1.82, 2.24) is 4.90 Å². The van der Waals surface area contributed by atoms with E-state index in [1.807, 2.05) is 28.9 Å². The predicted molar refractivity (Wildman–Crippen MR) is 87.7 cm³/mol. The van der Waals surface area contributed by atoms with Gasteiger partial charge in [-0.15, -0.1) is 11.3 Å². The maximum absolute atomic E-state index is 12.5. The highest BCUT2D eigenvalue weighted by Gasteiger charge is 2.49. The summed E-state index contributed by atoms with van der Waals surface area (Å²) in [6.07, 6.45) is 4.40. The minimum absolute atomic E-state index is 0.00603. The van der Waals surface area contributed by atoms with Gasteiger partial charge in [0.2, 0.25) is 5.91 Å². The quantitative estimate of drug-likeness (QED) is 0.851. The van der Waals surface area contributed by atoms with Gasteiger partial charge in [-0.1, -0.05) is 0 Å². The Labute approximate surface area is 138 Å². The number of rotatable bonds is 2. The SMILES string of the molecule is Cc1ccc(N2C[C@@]3(CCN(C(=O)c4ccoc4)C3)CC2=O)s1. The highest BCUT2D eigenvalue weighted by atomic mass is 32.1. The third-order valence-corrected chi connectivity index (χ3v) is 5.83. The molecule has 0 aromatic carbocycles. The Balaban J connectivity index is 1.50. The van der Waals surface area contributed by atoms with Crippen LogP contribution < -0.4 is 4.90 Å². The zero-order chi connectivity index (χ0) is 16.0. The number of hydrogen-bond donors (Lipinski definition) is 0. The van der Waals surface area contributed by atoms with Crippen LogP contribution in [0.5, 0.6) is 0 Å². The molecule has 4 heterocycles. The van der Waals surface area contributed by atoms with Crippen LogP contribution in [0.3, 0.4) is 0 Å². The van der Waals surface area contributed by atoms with Gasteiger partial charge in [-0.05, 0) is 31.5 Å². The molecular formula is C17H18N2O3S. The summed E-state index contributed by atoms with van der Waals surface area (Å²) in [4.78, 5) is 29.9. The fraction of sp³-hybridized carbons (Fsp3) is 0.412. The van der Waals surface area contributed by atoms with E-state index in [0.29, 0.717) is 31.6 Å². The number of nitrogens with zero attached hydrogens (tertiary/aromatic N) is 2. The standard InChI is InChI=1S/C17H18N2O3S/c1-12-2-3-15(23-12)19-11-17(8-14(19)20)5-6-18(10-17)16(21)13-4-7-22-9-13/h2-4,7,9H,5-6,8,10-11H2,1H3/t17-/m0/s1. The van der Waals surface area contributed by atoms with Crippen molar-refractivity contribution >= 4 is 28.2 Å². The molecule has 120 valence electrons. The Kier molecular flexibility index (Phi) is 3.30. The van der Waals surface area contributed by atoms with Crippen LogP contribution >= 0.6 is 11.3 Å². The molecule has 2 aromatic rings. The van der Waals surface area contributed by atoms with Crippen molar-refractivity contribution in [2.75, 3.05) is 24.5 Å². The first-order valence-electron chi connectivity index (χ1n) is 7.75. The molecular weight excluding hydrogens is 312 g/mol. The highest BCUT2D eigenvalue weighted by molar-refractivity contribution is 7.16. The molecule has 2 aliphatic rings. The van der Waals surface area contributed by atoms with E-state index in [4.69, 9.17) is 4.42 Å². The smallest absolute Gasteiger partial charge is 0.257 e. The maximum Gasteiger partial charge on any atom is 0.257 e. The molecule has 23 heavy (non-hydrogen) atoms. The Morgan fingerprint density at radius 2 is 2.17 bits per heavy atom. The molecule has 6 heteroatoms. The van der Waals surface area contributed by atoms with Crippen LogP contribution in [0.15, 0.2) is 35.1 Å². The molecule has 2 aromatic heterocycles. The maximum atomic E-state index is 12.5. The van der Waals surface area contributed by atoms with E-state index in [1.54, 1.807) is 17.4 Å². The second-order valence-corrected chi connectivity index (χ2v) is 7.80. The summed E-state index contributed by atoms with van der Waals surface area (Å²) in [5.74, 6) is 0.165. The van der Waals surface area contributed by atoms with E-state index in [9.17, 15) is 9.59 Å². The lowest BCUT2D eigenvalue weighted by atomic mass is 9.86. The largest absolute Gasteiger partial charge is 0.472 e. The monoisotopic (exact) mass is 330 g/mol. The van der Waals surface area contributed by atoms with Crippen molar-refractivity contribution in [3.63, 3.8) is 0 Å². The molecule has 0 unspecified atom stereocenters. The van der Waals surface area contributed by atoms with Crippen molar-refractivity contribution in [2.45, 2.75) is 19.8 Å². The molecule has 0 N–H and O–H groups in total. The van der Waals surface area contributed by atoms with Crippen molar-refractivity contribution in [1.29, 1.82) is 0 Å². The normalized spacial score (nSPS) is 24.1. The van der Waals surface area contributed by atoms with Gasteiger partial charge in [-0.3, -0.25) is 9.59 Å². The number of amides is 2. The summed E-state index contributed by atoms with van der Waals surface area (Å²) >= 11 is 1.65. The van der Waals surface area contributed by atoms with Gasteiger partial charge in [-0.25, -0.2) is 0 Å². The number of thiophene rings is 1. The van der Waals surface area contributed by atoms with Gasteiger partial charge < -0.3 is 14.2 Å². The average molecular weight is 330 g/mol. The van der Waals surface area contributed by atoms with Crippen LogP contribution in [0.25, 0.3) is 0 Å². The second kappa shape index (κ2) is 5.23. The van der Waals surface area contributed by atoms with Gasteiger partial charge in [-0.2, -0.15) is 0 Å². The van der Waals surface area contributed by atoms with Crippen LogP contribution in [0, 0.1) is 12.3 Å². The molecule has 1 spiro atoms. The first-order valence-corrected chi connectivity index (χ1v) is 8.56. The summed E-state index contributed by atoms with van der Waals surface area (Å²) in [5.41, 5.74) is 0.478. The van der Waals surface area contributed by atoms with Crippen LogP contribution in [-0.4, -0.2) is 36.3 Å². The average Bonchev–Trinajstić information content (AvgIpc) is 3.28. The zero-order valence-electron chi connectivity index (χ0n) is 12.9. The van der Waals surface area contributed by atoms with E-state index < -0.39 is 0 Å².